The Morgan fingerprint density at radius 3 is 2.28 bits per heavy atom. The molecule has 0 saturated heterocycles. The van der Waals surface area contributed by atoms with Gasteiger partial charge in [0.1, 0.15) is 18.0 Å². The molecule has 0 aliphatic rings. The van der Waals surface area contributed by atoms with Crippen molar-refractivity contribution in [3.63, 3.8) is 0 Å². The number of carbonyl (C=O) groups excluding carboxylic acids is 1. The molecule has 0 unspecified atom stereocenters. The number of fused-ring (bicyclic) bond motifs is 1. The lowest BCUT2D eigenvalue weighted by atomic mass is 10.2. The molecule has 0 radical (unpaired) electrons. The monoisotopic (exact) mass is 554 g/mol. The van der Waals surface area contributed by atoms with Crippen molar-refractivity contribution in [3.8, 4) is 28.9 Å². The molecule has 13 heteroatoms. The number of hydrogen-bond donors (Lipinski definition) is 2. The first-order valence-corrected chi connectivity index (χ1v) is 12.9. The molecule has 0 bridgehead atoms. The minimum absolute atomic E-state index is 0.0325. The number of aromatic nitrogens is 1. The summed E-state index contributed by atoms with van der Waals surface area (Å²) in [5.74, 6) is -0.192. The van der Waals surface area contributed by atoms with Gasteiger partial charge in [-0.3, -0.25) is 9.10 Å². The number of carbonyl (C=O) groups is 1. The number of aromatic hydroxyl groups is 1. The average Bonchev–Trinajstić information content (AvgIpc) is 3.28. The molecule has 0 spiro atoms. The Hall–Kier alpha value is -4.78. The van der Waals surface area contributed by atoms with Crippen molar-refractivity contribution in [2.24, 2.45) is 10.2 Å². The summed E-state index contributed by atoms with van der Waals surface area (Å²) in [7, 11) is 1.20. The number of rotatable bonds is 10. The van der Waals surface area contributed by atoms with Crippen molar-refractivity contribution >= 4 is 38.2 Å². The highest BCUT2D eigenvalue weighted by molar-refractivity contribution is 7.92. The second-order valence-electron chi connectivity index (χ2n) is 8.03. The Balaban J connectivity index is 1.78. The third-order valence-electron chi connectivity index (χ3n) is 5.80. The van der Waals surface area contributed by atoms with Gasteiger partial charge in [0, 0.05) is 17.5 Å². The average molecular weight is 555 g/mol. The van der Waals surface area contributed by atoms with Crippen molar-refractivity contribution in [2.75, 3.05) is 39.3 Å². The molecule has 1 heterocycles. The van der Waals surface area contributed by atoms with E-state index in [4.69, 9.17) is 18.9 Å². The zero-order chi connectivity index (χ0) is 28.2. The van der Waals surface area contributed by atoms with Crippen molar-refractivity contribution in [1.82, 2.24) is 4.98 Å². The van der Waals surface area contributed by atoms with Gasteiger partial charge < -0.3 is 29.0 Å². The number of nitrogens with zero attached hydrogens (tertiary/aromatic N) is 3. The Labute approximate surface area is 224 Å². The Morgan fingerprint density at radius 1 is 0.897 bits per heavy atom. The molecule has 39 heavy (non-hydrogen) atoms. The number of azo groups is 1. The van der Waals surface area contributed by atoms with Crippen LogP contribution >= 0.6 is 0 Å². The molecule has 3 aromatic carbocycles. The van der Waals surface area contributed by atoms with Gasteiger partial charge in [-0.1, -0.05) is 18.2 Å². The zero-order valence-corrected chi connectivity index (χ0v) is 22.4. The van der Waals surface area contributed by atoms with Crippen LogP contribution in [0.15, 0.2) is 75.8 Å². The highest BCUT2D eigenvalue weighted by atomic mass is 32.2. The van der Waals surface area contributed by atoms with Crippen LogP contribution in [0.2, 0.25) is 0 Å². The number of para-hydroxylation sites is 1. The van der Waals surface area contributed by atoms with Gasteiger partial charge in [0.15, 0.2) is 17.2 Å². The van der Waals surface area contributed by atoms with E-state index in [1.165, 1.54) is 58.8 Å². The molecule has 4 rings (SSSR count). The van der Waals surface area contributed by atoms with Crippen LogP contribution in [0.25, 0.3) is 10.9 Å². The van der Waals surface area contributed by atoms with Crippen LogP contribution in [0.1, 0.15) is 0 Å². The fourth-order valence-corrected chi connectivity index (χ4v) is 5.30. The largest absolute Gasteiger partial charge is 0.497 e. The molecule has 0 fully saturated rings. The molecule has 0 aliphatic carbocycles. The quantitative estimate of drug-likeness (QED) is 0.273. The lowest BCUT2D eigenvalue weighted by molar-refractivity contribution is -0.116. The number of benzene rings is 3. The lowest BCUT2D eigenvalue weighted by Gasteiger charge is -2.25. The standard InChI is InChI=1S/C26H26N4O8S/c1-35-16-9-11-21(36-2)20(13-16)30(39(33,34)17-10-12-22(37-3)23(14-17)38-4)15-24(31)28-29-25-18-7-5-6-8-19(18)27-26(25)32/h5-14,27,32H,15H2,1-4H3. The highest BCUT2D eigenvalue weighted by Crippen LogP contribution is 2.38. The number of methoxy groups -OCH3 is 4. The van der Waals surface area contributed by atoms with Crippen molar-refractivity contribution in [3.05, 3.63) is 60.7 Å². The van der Waals surface area contributed by atoms with Crippen molar-refractivity contribution < 1.29 is 37.3 Å². The third-order valence-corrected chi connectivity index (χ3v) is 7.55. The van der Waals surface area contributed by atoms with E-state index in [0.29, 0.717) is 22.4 Å². The number of aromatic amines is 1. The molecule has 12 nitrogen and oxygen atoms in total. The topological polar surface area (TPSA) is 152 Å². The van der Waals surface area contributed by atoms with Crippen LogP contribution in [0.4, 0.5) is 11.4 Å². The van der Waals surface area contributed by atoms with Gasteiger partial charge in [0.2, 0.25) is 5.88 Å². The summed E-state index contributed by atoms with van der Waals surface area (Å²) in [5, 5.41) is 18.4. The fraction of sp³-hybridized carbons (Fsp3) is 0.192. The normalized spacial score (nSPS) is 11.5. The van der Waals surface area contributed by atoms with E-state index in [2.05, 4.69) is 15.2 Å². The SMILES string of the molecule is COc1ccc(OC)c(N(CC(=O)N=Nc2c(O)[nH]c3ccccc23)S(=O)(=O)c2ccc(OC)c(OC)c2)c1. The van der Waals surface area contributed by atoms with Gasteiger partial charge >= 0.3 is 0 Å². The number of hydrogen-bond acceptors (Lipinski definition) is 9. The minimum atomic E-state index is -4.40. The molecule has 4 aromatic rings. The number of amides is 1. The summed E-state index contributed by atoms with van der Waals surface area (Å²) in [5.41, 5.74) is 0.674. The number of ether oxygens (including phenoxy) is 4. The van der Waals surface area contributed by atoms with Crippen molar-refractivity contribution in [1.29, 1.82) is 0 Å². The molecular weight excluding hydrogens is 528 g/mol. The van der Waals surface area contributed by atoms with Gasteiger partial charge in [0.25, 0.3) is 15.9 Å². The Morgan fingerprint density at radius 2 is 1.59 bits per heavy atom. The smallest absolute Gasteiger partial charge is 0.285 e. The van der Waals surface area contributed by atoms with E-state index in [9.17, 15) is 18.3 Å². The molecule has 0 aliphatic heterocycles. The predicted octanol–water partition coefficient (Wildman–Crippen LogP) is 4.41. The summed E-state index contributed by atoms with van der Waals surface area (Å²) < 4.78 is 49.8. The molecule has 2 N–H and O–H groups in total. The summed E-state index contributed by atoms with van der Waals surface area (Å²) in [6.45, 7) is -0.743. The van der Waals surface area contributed by atoms with Crippen LogP contribution in [0.3, 0.4) is 0 Å². The van der Waals surface area contributed by atoms with Crippen LogP contribution in [-0.4, -0.2) is 59.4 Å². The maximum atomic E-state index is 13.9. The molecule has 0 saturated carbocycles. The minimum Gasteiger partial charge on any atom is -0.497 e. The van der Waals surface area contributed by atoms with E-state index < -0.39 is 22.5 Å². The number of anilines is 1. The van der Waals surface area contributed by atoms with Gasteiger partial charge in [-0.05, 0) is 30.3 Å². The molecular formula is C26H26N4O8S. The van der Waals surface area contributed by atoms with Gasteiger partial charge in [-0.2, -0.15) is 0 Å². The van der Waals surface area contributed by atoms with Crippen LogP contribution in [-0.2, 0) is 14.8 Å². The summed E-state index contributed by atoms with van der Waals surface area (Å²) in [6, 6.07) is 15.5. The third kappa shape index (κ3) is 5.43. The van der Waals surface area contributed by atoms with E-state index in [1.54, 1.807) is 30.3 Å². The van der Waals surface area contributed by atoms with Crippen LogP contribution in [0, 0.1) is 0 Å². The maximum absolute atomic E-state index is 13.9. The second kappa shape index (κ2) is 11.3. The lowest BCUT2D eigenvalue weighted by Crippen LogP contribution is -2.35. The summed E-state index contributed by atoms with van der Waals surface area (Å²) in [6.07, 6.45) is 0. The first-order valence-electron chi connectivity index (χ1n) is 11.4. The predicted molar refractivity (Wildman–Crippen MR) is 143 cm³/mol. The fourth-order valence-electron chi connectivity index (χ4n) is 3.87. The molecule has 1 amide bonds. The summed E-state index contributed by atoms with van der Waals surface area (Å²) >= 11 is 0. The van der Waals surface area contributed by atoms with Gasteiger partial charge in [-0.15, -0.1) is 10.2 Å². The van der Waals surface area contributed by atoms with E-state index in [0.717, 1.165) is 4.31 Å². The van der Waals surface area contributed by atoms with E-state index in [1.807, 2.05) is 0 Å². The van der Waals surface area contributed by atoms with Gasteiger partial charge in [0.05, 0.1) is 44.5 Å². The van der Waals surface area contributed by atoms with Crippen LogP contribution < -0.4 is 23.3 Å². The Kier molecular flexibility index (Phi) is 7.91. The maximum Gasteiger partial charge on any atom is 0.285 e. The summed E-state index contributed by atoms with van der Waals surface area (Å²) in [4.78, 5) is 15.6. The van der Waals surface area contributed by atoms with Crippen LogP contribution in [0.5, 0.6) is 28.9 Å². The zero-order valence-electron chi connectivity index (χ0n) is 21.5. The van der Waals surface area contributed by atoms with Crippen molar-refractivity contribution in [2.45, 2.75) is 4.90 Å². The second-order valence-corrected chi connectivity index (χ2v) is 9.89. The first kappa shape index (κ1) is 27.3. The molecule has 0 atom stereocenters. The first-order chi connectivity index (χ1) is 18.7. The number of H-pyrrole nitrogens is 1. The molecule has 204 valence electrons. The van der Waals surface area contributed by atoms with E-state index >= 15 is 0 Å². The molecule has 1 aromatic heterocycles. The van der Waals surface area contributed by atoms with Gasteiger partial charge in [-0.25, -0.2) is 8.42 Å². The highest BCUT2D eigenvalue weighted by Gasteiger charge is 2.31. The number of sulfonamides is 1. The number of nitrogens with one attached hydrogen (secondary N) is 1. The van der Waals surface area contributed by atoms with E-state index in [-0.39, 0.29) is 33.6 Å². The Bertz CT molecular complexity index is 1650.